The van der Waals surface area contributed by atoms with Gasteiger partial charge in [0.25, 0.3) is 0 Å². The van der Waals surface area contributed by atoms with E-state index in [1.807, 2.05) is 12.1 Å². The maximum atomic E-state index is 6.22. The molecule has 1 rings (SSSR count). The Bertz CT molecular complexity index is 365. The minimum Gasteiger partial charge on any atom is -0.329 e. The molecule has 0 bridgehead atoms. The standard InChI is InChI=1S/C14H22Cl2N2/c1-3-10(4-2)9-18-13(8-17)11-6-5-7-12(15)14(11)16/h5-7,10,13,18H,3-4,8-9,17H2,1-2H3. The van der Waals surface area contributed by atoms with Crippen LogP contribution in [-0.2, 0) is 0 Å². The monoisotopic (exact) mass is 288 g/mol. The first kappa shape index (κ1) is 15.8. The summed E-state index contributed by atoms with van der Waals surface area (Å²) in [6, 6.07) is 5.75. The Hall–Kier alpha value is -0.280. The molecular weight excluding hydrogens is 267 g/mol. The topological polar surface area (TPSA) is 38.0 Å². The summed E-state index contributed by atoms with van der Waals surface area (Å²) < 4.78 is 0. The second kappa shape index (κ2) is 8.00. The van der Waals surface area contributed by atoms with Crippen LogP contribution in [0.5, 0.6) is 0 Å². The molecule has 1 aromatic carbocycles. The average Bonchev–Trinajstić information content (AvgIpc) is 2.39. The van der Waals surface area contributed by atoms with Crippen molar-refractivity contribution >= 4 is 23.2 Å². The van der Waals surface area contributed by atoms with Crippen LogP contribution in [0, 0.1) is 5.92 Å². The lowest BCUT2D eigenvalue weighted by molar-refractivity contribution is 0.414. The molecule has 1 unspecified atom stereocenters. The Kier molecular flexibility index (Phi) is 7.02. The van der Waals surface area contributed by atoms with Crippen molar-refractivity contribution < 1.29 is 0 Å². The van der Waals surface area contributed by atoms with Crippen LogP contribution in [0.15, 0.2) is 18.2 Å². The molecule has 1 atom stereocenters. The molecule has 0 aliphatic heterocycles. The highest BCUT2D eigenvalue weighted by Crippen LogP contribution is 2.29. The molecule has 18 heavy (non-hydrogen) atoms. The SMILES string of the molecule is CCC(CC)CNC(CN)c1cccc(Cl)c1Cl. The highest BCUT2D eigenvalue weighted by molar-refractivity contribution is 6.42. The number of halogens is 2. The highest BCUT2D eigenvalue weighted by Gasteiger charge is 2.15. The van der Waals surface area contributed by atoms with Crippen molar-refractivity contribution in [1.82, 2.24) is 5.32 Å². The summed E-state index contributed by atoms with van der Waals surface area (Å²) in [6.07, 6.45) is 2.34. The fraction of sp³-hybridized carbons (Fsp3) is 0.571. The van der Waals surface area contributed by atoms with Crippen molar-refractivity contribution in [1.29, 1.82) is 0 Å². The Balaban J connectivity index is 2.74. The quantitative estimate of drug-likeness (QED) is 0.795. The van der Waals surface area contributed by atoms with Crippen LogP contribution in [0.1, 0.15) is 38.3 Å². The van der Waals surface area contributed by atoms with Crippen molar-refractivity contribution in [2.75, 3.05) is 13.1 Å². The van der Waals surface area contributed by atoms with Gasteiger partial charge in [-0.2, -0.15) is 0 Å². The Morgan fingerprint density at radius 1 is 1.22 bits per heavy atom. The van der Waals surface area contributed by atoms with Gasteiger partial charge in [0.05, 0.1) is 10.0 Å². The number of hydrogen-bond donors (Lipinski definition) is 2. The van der Waals surface area contributed by atoms with Gasteiger partial charge in [0.2, 0.25) is 0 Å². The molecule has 0 aliphatic carbocycles. The third-order valence-corrected chi connectivity index (χ3v) is 4.23. The highest BCUT2D eigenvalue weighted by atomic mass is 35.5. The molecule has 0 aromatic heterocycles. The molecule has 0 aliphatic rings. The van der Waals surface area contributed by atoms with Crippen LogP contribution in [0.2, 0.25) is 10.0 Å². The van der Waals surface area contributed by atoms with E-state index in [1.54, 1.807) is 6.07 Å². The third kappa shape index (κ3) is 4.13. The van der Waals surface area contributed by atoms with Gasteiger partial charge >= 0.3 is 0 Å². The van der Waals surface area contributed by atoms with E-state index in [4.69, 9.17) is 28.9 Å². The number of hydrogen-bond acceptors (Lipinski definition) is 2. The van der Waals surface area contributed by atoms with Gasteiger partial charge in [-0.1, -0.05) is 62.0 Å². The van der Waals surface area contributed by atoms with E-state index in [0.717, 1.165) is 12.1 Å². The minimum absolute atomic E-state index is 0.0665. The predicted molar refractivity (Wildman–Crippen MR) is 80.3 cm³/mol. The van der Waals surface area contributed by atoms with Crippen molar-refractivity contribution in [2.24, 2.45) is 11.7 Å². The van der Waals surface area contributed by atoms with Gasteiger partial charge in [-0.25, -0.2) is 0 Å². The molecule has 0 radical (unpaired) electrons. The van der Waals surface area contributed by atoms with Gasteiger partial charge in [0, 0.05) is 12.6 Å². The van der Waals surface area contributed by atoms with E-state index >= 15 is 0 Å². The molecule has 0 amide bonds. The normalized spacial score (nSPS) is 13.0. The molecule has 0 fully saturated rings. The van der Waals surface area contributed by atoms with Crippen LogP contribution >= 0.6 is 23.2 Å². The van der Waals surface area contributed by atoms with Gasteiger partial charge in [-0.05, 0) is 24.1 Å². The first-order valence-electron chi connectivity index (χ1n) is 6.51. The summed E-state index contributed by atoms with van der Waals surface area (Å²) in [6.45, 7) is 5.89. The Labute approximate surface area is 120 Å². The Morgan fingerprint density at radius 3 is 2.44 bits per heavy atom. The van der Waals surface area contributed by atoms with Gasteiger partial charge in [0.15, 0.2) is 0 Å². The molecule has 0 saturated carbocycles. The molecule has 4 heteroatoms. The number of benzene rings is 1. The lowest BCUT2D eigenvalue weighted by atomic mass is 10.0. The van der Waals surface area contributed by atoms with Crippen LogP contribution in [0.25, 0.3) is 0 Å². The van der Waals surface area contributed by atoms with Crippen LogP contribution < -0.4 is 11.1 Å². The lowest BCUT2D eigenvalue weighted by Gasteiger charge is -2.22. The first-order valence-corrected chi connectivity index (χ1v) is 7.26. The fourth-order valence-corrected chi connectivity index (χ4v) is 2.44. The van der Waals surface area contributed by atoms with E-state index < -0.39 is 0 Å². The zero-order valence-electron chi connectivity index (χ0n) is 11.0. The van der Waals surface area contributed by atoms with Crippen molar-refractivity contribution in [2.45, 2.75) is 32.7 Å². The van der Waals surface area contributed by atoms with E-state index in [2.05, 4.69) is 19.2 Å². The number of nitrogens with two attached hydrogens (primary N) is 1. The minimum atomic E-state index is 0.0665. The third-order valence-electron chi connectivity index (χ3n) is 3.40. The first-order chi connectivity index (χ1) is 8.63. The van der Waals surface area contributed by atoms with Crippen LogP contribution in [-0.4, -0.2) is 13.1 Å². The smallest absolute Gasteiger partial charge is 0.0640 e. The number of rotatable bonds is 7. The zero-order chi connectivity index (χ0) is 13.5. The number of nitrogens with one attached hydrogen (secondary N) is 1. The molecule has 3 N–H and O–H groups in total. The second-order valence-electron chi connectivity index (χ2n) is 4.52. The average molecular weight is 289 g/mol. The molecule has 102 valence electrons. The second-order valence-corrected chi connectivity index (χ2v) is 5.31. The lowest BCUT2D eigenvalue weighted by Crippen LogP contribution is -2.32. The van der Waals surface area contributed by atoms with E-state index in [-0.39, 0.29) is 6.04 Å². The molecule has 1 aromatic rings. The predicted octanol–water partition coefficient (Wildman–Crippen LogP) is 4.02. The summed E-state index contributed by atoms with van der Waals surface area (Å²) in [5.74, 6) is 0.678. The summed E-state index contributed by atoms with van der Waals surface area (Å²) in [5.41, 5.74) is 6.81. The molecule has 0 heterocycles. The Morgan fingerprint density at radius 2 is 1.89 bits per heavy atom. The van der Waals surface area contributed by atoms with Crippen molar-refractivity contribution in [3.05, 3.63) is 33.8 Å². The molecular formula is C14H22Cl2N2. The van der Waals surface area contributed by atoms with E-state index in [9.17, 15) is 0 Å². The van der Waals surface area contributed by atoms with Gasteiger partial charge in [-0.15, -0.1) is 0 Å². The molecule has 2 nitrogen and oxygen atoms in total. The van der Waals surface area contributed by atoms with Crippen LogP contribution in [0.3, 0.4) is 0 Å². The maximum absolute atomic E-state index is 6.22. The molecule has 0 spiro atoms. The summed E-state index contributed by atoms with van der Waals surface area (Å²) in [4.78, 5) is 0. The van der Waals surface area contributed by atoms with E-state index in [1.165, 1.54) is 12.8 Å². The van der Waals surface area contributed by atoms with Gasteiger partial charge < -0.3 is 11.1 Å². The zero-order valence-corrected chi connectivity index (χ0v) is 12.6. The summed E-state index contributed by atoms with van der Waals surface area (Å²) in [7, 11) is 0. The van der Waals surface area contributed by atoms with E-state index in [0.29, 0.717) is 22.5 Å². The van der Waals surface area contributed by atoms with Gasteiger partial charge in [0.1, 0.15) is 0 Å². The fourth-order valence-electron chi connectivity index (χ4n) is 2.00. The van der Waals surface area contributed by atoms with Crippen molar-refractivity contribution in [3.63, 3.8) is 0 Å². The summed E-state index contributed by atoms with van der Waals surface area (Å²) >= 11 is 12.3. The van der Waals surface area contributed by atoms with Crippen molar-refractivity contribution in [3.8, 4) is 0 Å². The maximum Gasteiger partial charge on any atom is 0.0640 e. The van der Waals surface area contributed by atoms with Crippen LogP contribution in [0.4, 0.5) is 0 Å². The largest absolute Gasteiger partial charge is 0.329 e. The van der Waals surface area contributed by atoms with Gasteiger partial charge in [-0.3, -0.25) is 0 Å². The molecule has 0 saturated heterocycles. The summed E-state index contributed by atoms with van der Waals surface area (Å²) in [5, 5.41) is 4.67.